The summed E-state index contributed by atoms with van der Waals surface area (Å²) in [6, 6.07) is 0.210. The minimum Gasteiger partial charge on any atom is -0.335 e. The van der Waals surface area contributed by atoms with Crippen LogP contribution in [0.4, 0.5) is 0 Å². The molecule has 1 aromatic heterocycles. The SMILES string of the molecule is CC1(C)C(C(=O)N2CCCC[C@@H]2c2cn[nH]c2)C1(C)C. The monoisotopic (exact) mass is 275 g/mol. The zero-order chi connectivity index (χ0) is 14.5. The van der Waals surface area contributed by atoms with E-state index in [-0.39, 0.29) is 22.8 Å². The van der Waals surface area contributed by atoms with Gasteiger partial charge in [0.15, 0.2) is 0 Å². The van der Waals surface area contributed by atoms with Gasteiger partial charge in [0.2, 0.25) is 5.91 Å². The summed E-state index contributed by atoms with van der Waals surface area (Å²) in [4.78, 5) is 15.1. The van der Waals surface area contributed by atoms with E-state index in [4.69, 9.17) is 0 Å². The van der Waals surface area contributed by atoms with Crippen molar-refractivity contribution in [1.82, 2.24) is 15.1 Å². The maximum atomic E-state index is 13.0. The number of piperidine rings is 1. The summed E-state index contributed by atoms with van der Waals surface area (Å²) in [5, 5.41) is 6.92. The number of hydrogen-bond acceptors (Lipinski definition) is 2. The van der Waals surface area contributed by atoms with Crippen LogP contribution in [0.5, 0.6) is 0 Å². The van der Waals surface area contributed by atoms with E-state index in [1.54, 1.807) is 0 Å². The van der Waals surface area contributed by atoms with Gasteiger partial charge in [-0.25, -0.2) is 0 Å². The average Bonchev–Trinajstić information content (AvgIpc) is 2.81. The van der Waals surface area contributed by atoms with Gasteiger partial charge in [0.1, 0.15) is 0 Å². The van der Waals surface area contributed by atoms with Gasteiger partial charge in [-0.3, -0.25) is 9.89 Å². The summed E-state index contributed by atoms with van der Waals surface area (Å²) >= 11 is 0. The van der Waals surface area contributed by atoms with E-state index >= 15 is 0 Å². The molecule has 0 aromatic carbocycles. The summed E-state index contributed by atoms with van der Waals surface area (Å²) in [6.07, 6.45) is 7.16. The van der Waals surface area contributed by atoms with Crippen molar-refractivity contribution in [3.63, 3.8) is 0 Å². The Morgan fingerprint density at radius 1 is 1.30 bits per heavy atom. The molecule has 1 N–H and O–H groups in total. The van der Waals surface area contributed by atoms with Crippen molar-refractivity contribution < 1.29 is 4.79 Å². The van der Waals surface area contributed by atoms with Gasteiger partial charge < -0.3 is 4.90 Å². The number of carbonyl (C=O) groups is 1. The van der Waals surface area contributed by atoms with Crippen LogP contribution in [0.1, 0.15) is 58.6 Å². The van der Waals surface area contributed by atoms with Gasteiger partial charge in [-0.2, -0.15) is 5.10 Å². The third-order valence-corrected chi connectivity index (χ3v) is 5.96. The highest BCUT2D eigenvalue weighted by Crippen LogP contribution is 2.69. The molecule has 4 heteroatoms. The molecule has 20 heavy (non-hydrogen) atoms. The molecule has 1 aromatic rings. The highest BCUT2D eigenvalue weighted by molar-refractivity contribution is 5.84. The minimum atomic E-state index is 0.114. The number of carbonyl (C=O) groups excluding carboxylic acids is 1. The van der Waals surface area contributed by atoms with Crippen LogP contribution in [0, 0.1) is 16.7 Å². The van der Waals surface area contributed by atoms with Gasteiger partial charge in [-0.05, 0) is 30.1 Å². The van der Waals surface area contributed by atoms with E-state index in [2.05, 4.69) is 42.8 Å². The molecule has 3 rings (SSSR count). The van der Waals surface area contributed by atoms with Crippen molar-refractivity contribution in [2.75, 3.05) is 6.54 Å². The zero-order valence-electron chi connectivity index (χ0n) is 12.9. The third-order valence-electron chi connectivity index (χ3n) is 5.96. The van der Waals surface area contributed by atoms with Gasteiger partial charge in [0.25, 0.3) is 0 Å². The number of nitrogens with one attached hydrogen (secondary N) is 1. The molecule has 1 saturated carbocycles. The first-order valence-corrected chi connectivity index (χ1v) is 7.66. The Morgan fingerprint density at radius 2 is 2.00 bits per heavy atom. The topological polar surface area (TPSA) is 49.0 Å². The summed E-state index contributed by atoms with van der Waals surface area (Å²) in [6.45, 7) is 9.74. The largest absolute Gasteiger partial charge is 0.335 e. The Hall–Kier alpha value is -1.32. The number of aromatic amines is 1. The van der Waals surface area contributed by atoms with Crippen molar-refractivity contribution in [3.8, 4) is 0 Å². The fourth-order valence-electron chi connectivity index (χ4n) is 3.96. The van der Waals surface area contributed by atoms with E-state index in [0.29, 0.717) is 5.91 Å². The molecule has 1 aliphatic heterocycles. The van der Waals surface area contributed by atoms with Crippen LogP contribution in [-0.4, -0.2) is 27.5 Å². The fraction of sp³-hybridized carbons (Fsp3) is 0.750. The van der Waals surface area contributed by atoms with Crippen molar-refractivity contribution in [3.05, 3.63) is 18.0 Å². The molecule has 0 bridgehead atoms. The van der Waals surface area contributed by atoms with Crippen molar-refractivity contribution in [2.24, 2.45) is 16.7 Å². The van der Waals surface area contributed by atoms with Crippen LogP contribution < -0.4 is 0 Å². The van der Waals surface area contributed by atoms with Crippen LogP contribution >= 0.6 is 0 Å². The minimum absolute atomic E-state index is 0.114. The Bertz CT molecular complexity index is 490. The summed E-state index contributed by atoms with van der Waals surface area (Å²) < 4.78 is 0. The Balaban J connectivity index is 1.83. The quantitative estimate of drug-likeness (QED) is 0.901. The highest BCUT2D eigenvalue weighted by atomic mass is 16.2. The number of likely N-dealkylation sites (tertiary alicyclic amines) is 1. The summed E-state index contributed by atoms with van der Waals surface area (Å²) in [5.74, 6) is 0.494. The molecule has 2 aliphatic rings. The predicted octanol–water partition coefficient (Wildman–Crippen LogP) is 3.15. The second-order valence-corrected chi connectivity index (χ2v) is 7.45. The number of nitrogens with zero attached hydrogens (tertiary/aromatic N) is 2. The molecule has 2 fully saturated rings. The molecular formula is C16H25N3O. The predicted molar refractivity (Wildman–Crippen MR) is 77.9 cm³/mol. The maximum Gasteiger partial charge on any atom is 0.227 e. The lowest BCUT2D eigenvalue weighted by Gasteiger charge is -2.36. The lowest BCUT2D eigenvalue weighted by Crippen LogP contribution is -2.40. The molecule has 1 amide bonds. The van der Waals surface area contributed by atoms with Crippen molar-refractivity contribution >= 4 is 5.91 Å². The third kappa shape index (κ3) is 1.80. The first-order chi connectivity index (χ1) is 9.37. The van der Waals surface area contributed by atoms with E-state index in [1.165, 1.54) is 6.42 Å². The van der Waals surface area contributed by atoms with E-state index in [9.17, 15) is 4.79 Å². The molecule has 2 heterocycles. The van der Waals surface area contributed by atoms with E-state index in [0.717, 1.165) is 24.9 Å². The second-order valence-electron chi connectivity index (χ2n) is 7.45. The van der Waals surface area contributed by atoms with Crippen molar-refractivity contribution in [2.45, 2.75) is 53.0 Å². The smallest absolute Gasteiger partial charge is 0.227 e. The van der Waals surface area contributed by atoms with Gasteiger partial charge in [0, 0.05) is 24.2 Å². The number of rotatable bonds is 2. The van der Waals surface area contributed by atoms with Gasteiger partial charge in [0.05, 0.1) is 12.2 Å². The van der Waals surface area contributed by atoms with E-state index in [1.807, 2.05) is 12.4 Å². The molecule has 110 valence electrons. The molecule has 4 nitrogen and oxygen atoms in total. The first kappa shape index (κ1) is 13.7. The van der Waals surface area contributed by atoms with E-state index < -0.39 is 0 Å². The molecule has 1 saturated heterocycles. The molecule has 1 atom stereocenters. The number of aromatic nitrogens is 2. The molecule has 0 radical (unpaired) electrons. The number of H-pyrrole nitrogens is 1. The van der Waals surface area contributed by atoms with Crippen LogP contribution in [0.15, 0.2) is 12.4 Å². The highest BCUT2D eigenvalue weighted by Gasteiger charge is 2.69. The van der Waals surface area contributed by atoms with Gasteiger partial charge >= 0.3 is 0 Å². The normalized spacial score (nSPS) is 28.4. The van der Waals surface area contributed by atoms with Crippen LogP contribution in [0.3, 0.4) is 0 Å². The maximum absolute atomic E-state index is 13.0. The fourth-order valence-corrected chi connectivity index (χ4v) is 3.96. The lowest BCUT2D eigenvalue weighted by molar-refractivity contribution is -0.137. The average molecular weight is 275 g/mol. The molecular weight excluding hydrogens is 250 g/mol. The molecule has 0 spiro atoms. The first-order valence-electron chi connectivity index (χ1n) is 7.66. The second kappa shape index (κ2) is 4.34. The Kier molecular flexibility index (Phi) is 2.96. The van der Waals surface area contributed by atoms with Crippen LogP contribution in [0.2, 0.25) is 0 Å². The van der Waals surface area contributed by atoms with Gasteiger partial charge in [-0.1, -0.05) is 27.7 Å². The standard InChI is InChI=1S/C16H25N3O/c1-15(2)13(16(15,3)4)14(20)19-8-6-5-7-12(19)11-9-17-18-10-11/h9-10,12-13H,5-8H2,1-4H3,(H,17,18)/t12-/m1/s1. The van der Waals surface area contributed by atoms with Crippen LogP contribution in [0.25, 0.3) is 0 Å². The Labute approximate surface area is 120 Å². The van der Waals surface area contributed by atoms with Crippen molar-refractivity contribution in [1.29, 1.82) is 0 Å². The summed E-state index contributed by atoms with van der Waals surface area (Å²) in [5.41, 5.74) is 1.37. The molecule has 1 aliphatic carbocycles. The zero-order valence-corrected chi connectivity index (χ0v) is 12.9. The number of amides is 1. The van der Waals surface area contributed by atoms with Crippen LogP contribution in [-0.2, 0) is 4.79 Å². The lowest BCUT2D eigenvalue weighted by atomic mass is 9.96. The summed E-state index contributed by atoms with van der Waals surface area (Å²) in [7, 11) is 0. The Morgan fingerprint density at radius 3 is 2.55 bits per heavy atom. The van der Waals surface area contributed by atoms with Gasteiger partial charge in [-0.15, -0.1) is 0 Å². The number of hydrogen-bond donors (Lipinski definition) is 1. The molecule has 0 unspecified atom stereocenters.